The van der Waals surface area contributed by atoms with Gasteiger partial charge >= 0.3 is 0 Å². The highest BCUT2D eigenvalue weighted by atomic mass is 16.1. The van der Waals surface area contributed by atoms with E-state index in [1.54, 1.807) is 6.07 Å². The van der Waals surface area contributed by atoms with E-state index < -0.39 is 0 Å². The maximum atomic E-state index is 11.8. The predicted octanol–water partition coefficient (Wildman–Crippen LogP) is 1.46. The zero-order chi connectivity index (χ0) is 11.5. The summed E-state index contributed by atoms with van der Waals surface area (Å²) in [6.07, 6.45) is 5.37. The van der Waals surface area contributed by atoms with Crippen LogP contribution in [0.3, 0.4) is 0 Å². The topological polar surface area (TPSA) is 48.0 Å². The minimum absolute atomic E-state index is 0.104. The van der Waals surface area contributed by atoms with E-state index in [0.29, 0.717) is 6.54 Å². The van der Waals surface area contributed by atoms with Gasteiger partial charge in [0.2, 0.25) is 0 Å². The molecule has 0 radical (unpaired) electrons. The predicted molar refractivity (Wildman–Crippen MR) is 65.6 cm³/mol. The summed E-state index contributed by atoms with van der Waals surface area (Å²) in [6.45, 7) is 2.80. The molecule has 3 heteroatoms. The fourth-order valence-corrected chi connectivity index (χ4v) is 2.53. The largest absolute Gasteiger partial charge is 0.326 e. The van der Waals surface area contributed by atoms with Crippen LogP contribution >= 0.6 is 0 Å². The van der Waals surface area contributed by atoms with Crippen molar-refractivity contribution in [1.29, 1.82) is 0 Å². The summed E-state index contributed by atoms with van der Waals surface area (Å²) in [5.41, 5.74) is 8.68. The molecule has 0 bridgehead atoms. The highest BCUT2D eigenvalue weighted by Gasteiger charge is 2.16. The van der Waals surface area contributed by atoms with Gasteiger partial charge in [-0.05, 0) is 31.2 Å². The molecule has 88 valence electrons. The van der Waals surface area contributed by atoms with E-state index in [4.69, 9.17) is 5.73 Å². The lowest BCUT2D eigenvalue weighted by Gasteiger charge is -2.16. The third-order valence-corrected chi connectivity index (χ3v) is 3.33. The quantitative estimate of drug-likeness (QED) is 0.835. The lowest BCUT2D eigenvalue weighted by Crippen LogP contribution is -2.33. The summed E-state index contributed by atoms with van der Waals surface area (Å²) in [5, 5.41) is 0. The van der Waals surface area contributed by atoms with E-state index in [2.05, 4.69) is 6.92 Å². The zero-order valence-electron chi connectivity index (χ0n) is 9.91. The van der Waals surface area contributed by atoms with E-state index in [1.807, 2.05) is 10.6 Å². The van der Waals surface area contributed by atoms with Crippen molar-refractivity contribution in [2.45, 2.75) is 51.6 Å². The van der Waals surface area contributed by atoms with Crippen LogP contribution in [0.1, 0.15) is 37.4 Å². The molecule has 0 aromatic carbocycles. The lowest BCUT2D eigenvalue weighted by atomic mass is 10.1. The van der Waals surface area contributed by atoms with Crippen molar-refractivity contribution < 1.29 is 0 Å². The Bertz CT molecular complexity index is 422. The van der Waals surface area contributed by atoms with Crippen LogP contribution in [0, 0.1) is 0 Å². The van der Waals surface area contributed by atoms with E-state index in [-0.39, 0.29) is 11.6 Å². The first kappa shape index (κ1) is 11.4. The number of hydrogen-bond acceptors (Lipinski definition) is 2. The number of fused-ring (bicyclic) bond motifs is 1. The average molecular weight is 220 g/mol. The van der Waals surface area contributed by atoms with Crippen molar-refractivity contribution in [3.63, 3.8) is 0 Å². The molecule has 1 atom stereocenters. The smallest absolute Gasteiger partial charge is 0.250 e. The van der Waals surface area contributed by atoms with Crippen molar-refractivity contribution in [3.05, 3.63) is 33.7 Å². The van der Waals surface area contributed by atoms with Crippen LogP contribution in [0.5, 0.6) is 0 Å². The van der Waals surface area contributed by atoms with Crippen LogP contribution < -0.4 is 11.3 Å². The van der Waals surface area contributed by atoms with Crippen LogP contribution in [0.25, 0.3) is 0 Å². The number of nitrogens with two attached hydrogens (primary N) is 1. The number of aromatic nitrogens is 1. The van der Waals surface area contributed by atoms with Crippen molar-refractivity contribution in [1.82, 2.24) is 4.57 Å². The first-order valence-corrected chi connectivity index (χ1v) is 6.19. The summed E-state index contributed by atoms with van der Waals surface area (Å²) in [6, 6.07) is 3.77. The molecule has 2 rings (SSSR count). The molecule has 1 aromatic heterocycles. The second-order valence-electron chi connectivity index (χ2n) is 4.66. The van der Waals surface area contributed by atoms with Gasteiger partial charge in [-0.15, -0.1) is 0 Å². The Morgan fingerprint density at radius 1 is 1.44 bits per heavy atom. The van der Waals surface area contributed by atoms with Gasteiger partial charge in [-0.1, -0.05) is 19.4 Å². The van der Waals surface area contributed by atoms with Crippen molar-refractivity contribution in [3.8, 4) is 0 Å². The molecule has 3 nitrogen and oxygen atoms in total. The lowest BCUT2D eigenvalue weighted by molar-refractivity contribution is 0.494. The van der Waals surface area contributed by atoms with Gasteiger partial charge in [0, 0.05) is 24.3 Å². The molecule has 0 saturated carbocycles. The second kappa shape index (κ2) is 4.83. The van der Waals surface area contributed by atoms with Gasteiger partial charge in [0.1, 0.15) is 0 Å². The zero-order valence-corrected chi connectivity index (χ0v) is 9.91. The van der Waals surface area contributed by atoms with Crippen molar-refractivity contribution >= 4 is 0 Å². The van der Waals surface area contributed by atoms with Crippen molar-refractivity contribution in [2.24, 2.45) is 5.73 Å². The van der Waals surface area contributed by atoms with Crippen LogP contribution in [-0.4, -0.2) is 10.6 Å². The monoisotopic (exact) mass is 220 g/mol. The normalized spacial score (nSPS) is 16.1. The van der Waals surface area contributed by atoms with E-state index in [0.717, 1.165) is 25.7 Å². The molecule has 0 amide bonds. The molecule has 16 heavy (non-hydrogen) atoms. The molecule has 1 heterocycles. The molecule has 1 unspecified atom stereocenters. The van der Waals surface area contributed by atoms with Crippen LogP contribution in [0.2, 0.25) is 0 Å². The molecule has 1 aliphatic rings. The third kappa shape index (κ3) is 2.19. The van der Waals surface area contributed by atoms with Crippen LogP contribution in [0.4, 0.5) is 0 Å². The number of rotatable bonds is 4. The Balaban J connectivity index is 2.26. The Hall–Kier alpha value is -1.09. The van der Waals surface area contributed by atoms with Gasteiger partial charge in [-0.25, -0.2) is 0 Å². The molecule has 2 N–H and O–H groups in total. The Morgan fingerprint density at radius 3 is 3.00 bits per heavy atom. The summed E-state index contributed by atoms with van der Waals surface area (Å²) < 4.78 is 1.89. The third-order valence-electron chi connectivity index (χ3n) is 3.33. The standard InChI is InChI=1S/C13H20N2O/c1-2-4-11(14)9-15-12-6-3-5-10(12)7-8-13(15)16/h7-8,11H,2-6,9,14H2,1H3. The molecular weight excluding hydrogens is 200 g/mol. The summed E-state index contributed by atoms with van der Waals surface area (Å²) in [4.78, 5) is 11.8. The second-order valence-corrected chi connectivity index (χ2v) is 4.66. The average Bonchev–Trinajstić information content (AvgIpc) is 2.71. The number of hydrogen-bond donors (Lipinski definition) is 1. The van der Waals surface area contributed by atoms with Crippen LogP contribution in [0.15, 0.2) is 16.9 Å². The van der Waals surface area contributed by atoms with E-state index in [9.17, 15) is 4.79 Å². The van der Waals surface area contributed by atoms with E-state index >= 15 is 0 Å². The molecule has 0 spiro atoms. The van der Waals surface area contributed by atoms with Gasteiger partial charge in [-0.3, -0.25) is 4.79 Å². The fraction of sp³-hybridized carbons (Fsp3) is 0.615. The molecule has 0 aliphatic heterocycles. The fourth-order valence-electron chi connectivity index (χ4n) is 2.53. The molecule has 1 aliphatic carbocycles. The minimum atomic E-state index is 0.104. The maximum absolute atomic E-state index is 11.8. The van der Waals surface area contributed by atoms with Gasteiger partial charge in [0.05, 0.1) is 0 Å². The van der Waals surface area contributed by atoms with Gasteiger partial charge < -0.3 is 10.3 Å². The Labute approximate surface area is 96.3 Å². The Kier molecular flexibility index (Phi) is 3.44. The van der Waals surface area contributed by atoms with E-state index in [1.165, 1.54) is 17.7 Å². The summed E-state index contributed by atoms with van der Waals surface area (Å²) in [5.74, 6) is 0. The van der Waals surface area contributed by atoms with Gasteiger partial charge in [0.15, 0.2) is 0 Å². The van der Waals surface area contributed by atoms with Crippen LogP contribution in [-0.2, 0) is 19.4 Å². The highest BCUT2D eigenvalue weighted by molar-refractivity contribution is 5.25. The van der Waals surface area contributed by atoms with Gasteiger partial charge in [-0.2, -0.15) is 0 Å². The summed E-state index contributed by atoms with van der Waals surface area (Å²) >= 11 is 0. The minimum Gasteiger partial charge on any atom is -0.326 e. The molecular formula is C13H20N2O. The first-order chi connectivity index (χ1) is 7.72. The Morgan fingerprint density at radius 2 is 2.25 bits per heavy atom. The molecule has 1 aromatic rings. The SMILES string of the molecule is CCCC(N)Cn1c2c(ccc1=O)CCC2. The number of aryl methyl sites for hydroxylation is 1. The molecule has 0 saturated heterocycles. The number of nitrogens with zero attached hydrogens (tertiary/aromatic N) is 1. The summed E-state index contributed by atoms with van der Waals surface area (Å²) in [7, 11) is 0. The maximum Gasteiger partial charge on any atom is 0.250 e. The van der Waals surface area contributed by atoms with Gasteiger partial charge in [0.25, 0.3) is 5.56 Å². The highest BCUT2D eigenvalue weighted by Crippen LogP contribution is 2.20. The molecule has 0 fully saturated rings. The van der Waals surface area contributed by atoms with Crippen molar-refractivity contribution in [2.75, 3.05) is 0 Å². The first-order valence-electron chi connectivity index (χ1n) is 6.19. The number of pyridine rings is 1.